The molecule has 1 amide bonds. The lowest BCUT2D eigenvalue weighted by molar-refractivity contribution is -0.0861. The summed E-state index contributed by atoms with van der Waals surface area (Å²) in [6.45, 7) is 8.52. The Hall–Kier alpha value is -1.88. The second-order valence-electron chi connectivity index (χ2n) is 8.13. The van der Waals surface area contributed by atoms with Gasteiger partial charge in [0.05, 0.1) is 25.3 Å². The third-order valence-corrected chi connectivity index (χ3v) is 4.80. The number of aryl methyl sites for hydroxylation is 1. The van der Waals surface area contributed by atoms with Crippen LogP contribution in [0.5, 0.6) is 0 Å². The van der Waals surface area contributed by atoms with E-state index in [1.165, 1.54) is 0 Å². The Morgan fingerprint density at radius 3 is 2.36 bits per heavy atom. The van der Waals surface area contributed by atoms with Gasteiger partial charge in [-0.25, -0.2) is 4.79 Å². The van der Waals surface area contributed by atoms with Gasteiger partial charge >= 0.3 is 6.09 Å². The summed E-state index contributed by atoms with van der Waals surface area (Å²) in [5, 5.41) is 0. The van der Waals surface area contributed by atoms with Crippen molar-refractivity contribution in [3.63, 3.8) is 0 Å². The Morgan fingerprint density at radius 2 is 1.80 bits per heavy atom. The maximum Gasteiger partial charge on any atom is 0.410 e. The quantitative estimate of drug-likeness (QED) is 0.769. The third kappa shape index (κ3) is 4.03. The number of hydrogen-bond acceptors (Lipinski definition) is 4. The minimum Gasteiger partial charge on any atom is -0.444 e. The highest BCUT2D eigenvalue weighted by molar-refractivity contribution is 5.98. The van der Waals surface area contributed by atoms with E-state index in [0.29, 0.717) is 26.1 Å². The fourth-order valence-electron chi connectivity index (χ4n) is 3.78. The molecular formula is C20H27NO4. The topological polar surface area (TPSA) is 55.8 Å². The zero-order chi connectivity index (χ0) is 18.2. The zero-order valence-corrected chi connectivity index (χ0v) is 15.5. The number of carbonyl (C=O) groups is 2. The summed E-state index contributed by atoms with van der Waals surface area (Å²) in [5.41, 5.74) is 1.32. The van der Waals surface area contributed by atoms with E-state index < -0.39 is 5.60 Å². The predicted octanol–water partition coefficient (Wildman–Crippen LogP) is 3.59. The summed E-state index contributed by atoms with van der Waals surface area (Å²) in [6, 6.07) is 7.53. The van der Waals surface area contributed by atoms with Crippen molar-refractivity contribution in [3.8, 4) is 0 Å². The highest BCUT2D eigenvalue weighted by Gasteiger charge is 2.45. The van der Waals surface area contributed by atoms with Crippen molar-refractivity contribution < 1.29 is 19.1 Å². The second-order valence-corrected chi connectivity index (χ2v) is 8.13. The number of Topliss-reactive ketones (excluding diaryl/α,β-unsaturated/α-hetero) is 1. The second kappa shape index (κ2) is 6.79. The van der Waals surface area contributed by atoms with E-state index in [9.17, 15) is 9.59 Å². The van der Waals surface area contributed by atoms with Gasteiger partial charge in [-0.2, -0.15) is 0 Å². The molecule has 0 N–H and O–H groups in total. The summed E-state index contributed by atoms with van der Waals surface area (Å²) < 4.78 is 11.2. The van der Waals surface area contributed by atoms with Gasteiger partial charge in [-0.15, -0.1) is 0 Å². The third-order valence-electron chi connectivity index (χ3n) is 4.80. The molecule has 2 fully saturated rings. The lowest BCUT2D eigenvalue weighted by atomic mass is 9.80. The molecule has 0 aliphatic carbocycles. The van der Waals surface area contributed by atoms with Crippen LogP contribution in [-0.2, 0) is 9.47 Å². The van der Waals surface area contributed by atoms with Crippen LogP contribution in [-0.4, -0.2) is 47.7 Å². The first-order chi connectivity index (χ1) is 11.7. The van der Waals surface area contributed by atoms with Gasteiger partial charge in [0.15, 0.2) is 5.78 Å². The van der Waals surface area contributed by atoms with Crippen LogP contribution in [0.4, 0.5) is 4.79 Å². The highest BCUT2D eigenvalue weighted by Crippen LogP contribution is 2.34. The average molecular weight is 345 g/mol. The lowest BCUT2D eigenvalue weighted by Crippen LogP contribution is -2.60. The first-order valence-corrected chi connectivity index (χ1v) is 8.94. The molecule has 2 atom stereocenters. The molecule has 3 rings (SSSR count). The first kappa shape index (κ1) is 17.9. The molecule has 0 aromatic heterocycles. The van der Waals surface area contributed by atoms with Crippen molar-refractivity contribution in [1.29, 1.82) is 0 Å². The van der Waals surface area contributed by atoms with E-state index in [-0.39, 0.29) is 29.9 Å². The molecular weight excluding hydrogens is 318 g/mol. The minimum absolute atomic E-state index is 0.0700. The number of benzene rings is 1. The van der Waals surface area contributed by atoms with Crippen molar-refractivity contribution >= 4 is 11.9 Å². The van der Waals surface area contributed by atoms with Gasteiger partial charge in [0.1, 0.15) is 5.60 Å². The molecule has 0 saturated carbocycles. The normalized spacial score (nSPS) is 26.2. The number of ketones is 1. The maximum absolute atomic E-state index is 12.9. The minimum atomic E-state index is -0.527. The molecule has 0 spiro atoms. The van der Waals surface area contributed by atoms with Crippen LogP contribution in [0.1, 0.15) is 49.5 Å². The van der Waals surface area contributed by atoms with E-state index in [1.807, 2.05) is 52.0 Å². The Bertz CT molecular complexity index is 650. The zero-order valence-electron chi connectivity index (χ0n) is 15.5. The summed E-state index contributed by atoms with van der Waals surface area (Å²) in [5.74, 6) is 0.101. The largest absolute Gasteiger partial charge is 0.444 e. The van der Waals surface area contributed by atoms with Gasteiger partial charge in [0.25, 0.3) is 0 Å². The molecule has 5 heteroatoms. The number of carbonyl (C=O) groups excluding carboxylic acids is 2. The molecule has 1 aromatic carbocycles. The van der Waals surface area contributed by atoms with Crippen LogP contribution < -0.4 is 0 Å². The molecule has 2 bridgehead atoms. The van der Waals surface area contributed by atoms with Crippen LogP contribution >= 0.6 is 0 Å². The summed E-state index contributed by atoms with van der Waals surface area (Å²) in [4.78, 5) is 27.3. The molecule has 0 radical (unpaired) electrons. The van der Waals surface area contributed by atoms with Crippen molar-refractivity contribution in [2.24, 2.45) is 5.92 Å². The smallest absolute Gasteiger partial charge is 0.410 e. The number of piperidine rings is 1. The van der Waals surface area contributed by atoms with Gasteiger partial charge in [-0.1, -0.05) is 23.8 Å². The fraction of sp³-hybridized carbons (Fsp3) is 0.600. The van der Waals surface area contributed by atoms with Crippen molar-refractivity contribution in [1.82, 2.24) is 4.90 Å². The van der Waals surface area contributed by atoms with Crippen LogP contribution in [0.2, 0.25) is 0 Å². The van der Waals surface area contributed by atoms with Crippen LogP contribution in [0.3, 0.4) is 0 Å². The molecule has 2 aliphatic heterocycles. The van der Waals surface area contributed by atoms with Gasteiger partial charge in [0, 0.05) is 11.5 Å². The van der Waals surface area contributed by atoms with Gasteiger partial charge in [-0.3, -0.25) is 9.69 Å². The number of amides is 1. The van der Waals surface area contributed by atoms with E-state index >= 15 is 0 Å². The Morgan fingerprint density at radius 1 is 1.16 bits per heavy atom. The predicted molar refractivity (Wildman–Crippen MR) is 94.7 cm³/mol. The number of rotatable bonds is 2. The summed E-state index contributed by atoms with van der Waals surface area (Å²) >= 11 is 0. The van der Waals surface area contributed by atoms with Gasteiger partial charge < -0.3 is 9.47 Å². The van der Waals surface area contributed by atoms with Crippen LogP contribution in [0.25, 0.3) is 0 Å². The monoisotopic (exact) mass is 345 g/mol. The average Bonchev–Trinajstić information content (AvgIpc) is 2.51. The van der Waals surface area contributed by atoms with Crippen molar-refractivity contribution in [2.75, 3.05) is 13.2 Å². The Kier molecular flexibility index (Phi) is 4.87. The maximum atomic E-state index is 12.9. The van der Waals surface area contributed by atoms with Crippen molar-refractivity contribution in [2.45, 2.75) is 58.2 Å². The lowest BCUT2D eigenvalue weighted by Gasteiger charge is -2.47. The number of nitrogens with zero attached hydrogens (tertiary/aromatic N) is 1. The Balaban J connectivity index is 1.75. The first-order valence-electron chi connectivity index (χ1n) is 8.94. The van der Waals surface area contributed by atoms with Gasteiger partial charge in [0.2, 0.25) is 0 Å². The SMILES string of the molecule is Cc1cccc(C(=O)C2CC3COCC(C2)N3C(=O)OC(C)(C)C)c1. The van der Waals surface area contributed by atoms with E-state index in [0.717, 1.165) is 11.1 Å². The van der Waals surface area contributed by atoms with Crippen LogP contribution in [0.15, 0.2) is 24.3 Å². The van der Waals surface area contributed by atoms with E-state index in [4.69, 9.17) is 9.47 Å². The standard InChI is InChI=1S/C20H27NO4/c1-13-6-5-7-14(8-13)18(22)15-9-16-11-24-12-17(10-15)21(16)19(23)25-20(2,3)4/h5-8,15-17H,9-12H2,1-4H3. The molecule has 2 aliphatic rings. The highest BCUT2D eigenvalue weighted by atomic mass is 16.6. The number of hydrogen-bond donors (Lipinski definition) is 0. The molecule has 1 aromatic rings. The molecule has 5 nitrogen and oxygen atoms in total. The van der Waals surface area contributed by atoms with Gasteiger partial charge in [-0.05, 0) is 46.6 Å². The molecule has 25 heavy (non-hydrogen) atoms. The van der Waals surface area contributed by atoms with Crippen molar-refractivity contribution in [3.05, 3.63) is 35.4 Å². The molecule has 2 heterocycles. The number of ether oxygens (including phenoxy) is 2. The number of fused-ring (bicyclic) bond motifs is 2. The summed E-state index contributed by atoms with van der Waals surface area (Å²) in [6.07, 6.45) is 0.956. The Labute approximate surface area is 149 Å². The van der Waals surface area contributed by atoms with E-state index in [2.05, 4.69) is 0 Å². The molecule has 2 saturated heterocycles. The number of morpholine rings is 1. The fourth-order valence-corrected chi connectivity index (χ4v) is 3.78. The molecule has 2 unspecified atom stereocenters. The summed E-state index contributed by atoms with van der Waals surface area (Å²) in [7, 11) is 0. The molecule has 136 valence electrons. The van der Waals surface area contributed by atoms with E-state index in [1.54, 1.807) is 4.90 Å². The van der Waals surface area contributed by atoms with Crippen LogP contribution in [0, 0.1) is 12.8 Å².